The van der Waals surface area contributed by atoms with E-state index in [-0.39, 0.29) is 6.10 Å². The molecule has 1 aromatic rings. The Morgan fingerprint density at radius 1 is 1.67 bits per heavy atom. The second-order valence-corrected chi connectivity index (χ2v) is 5.02. The Morgan fingerprint density at radius 3 is 3.33 bits per heavy atom. The number of nitrogens with one attached hydrogen (secondary N) is 1. The number of thiazole rings is 1. The zero-order valence-corrected chi connectivity index (χ0v) is 9.98. The quantitative estimate of drug-likeness (QED) is 0.781. The van der Waals surface area contributed by atoms with Crippen molar-refractivity contribution in [3.8, 4) is 0 Å². The van der Waals surface area contributed by atoms with E-state index in [2.05, 4.69) is 10.3 Å². The Balaban J connectivity index is 1.86. The van der Waals surface area contributed by atoms with Crippen LogP contribution in [0.3, 0.4) is 0 Å². The number of rotatable bonds is 5. The van der Waals surface area contributed by atoms with Gasteiger partial charge in [-0.1, -0.05) is 0 Å². The minimum Gasteiger partial charge on any atom is -0.371 e. The summed E-state index contributed by atoms with van der Waals surface area (Å²) in [5.74, 6) is 0. The monoisotopic (exact) mass is 226 g/mol. The highest BCUT2D eigenvalue weighted by molar-refractivity contribution is 7.11. The van der Waals surface area contributed by atoms with Crippen LogP contribution in [0.4, 0.5) is 0 Å². The maximum Gasteiger partial charge on any atom is 0.122 e. The number of aromatic nitrogens is 1. The van der Waals surface area contributed by atoms with Crippen LogP contribution in [-0.2, 0) is 11.2 Å². The SMILES string of the molecule is CNCCCc1cnc(C2CCCO2)s1. The molecule has 1 N–H and O–H groups in total. The highest BCUT2D eigenvalue weighted by Gasteiger charge is 2.20. The molecule has 2 heterocycles. The first-order valence-electron chi connectivity index (χ1n) is 5.61. The van der Waals surface area contributed by atoms with E-state index >= 15 is 0 Å². The van der Waals surface area contributed by atoms with Gasteiger partial charge in [-0.05, 0) is 39.3 Å². The molecule has 0 aromatic carbocycles. The second-order valence-electron chi connectivity index (χ2n) is 3.87. The Hall–Kier alpha value is -0.450. The summed E-state index contributed by atoms with van der Waals surface area (Å²) in [5, 5.41) is 4.33. The van der Waals surface area contributed by atoms with Crippen LogP contribution in [0.25, 0.3) is 0 Å². The highest BCUT2D eigenvalue weighted by Crippen LogP contribution is 2.31. The van der Waals surface area contributed by atoms with Gasteiger partial charge in [0.15, 0.2) is 0 Å². The zero-order valence-electron chi connectivity index (χ0n) is 9.16. The first-order valence-corrected chi connectivity index (χ1v) is 6.42. The summed E-state index contributed by atoms with van der Waals surface area (Å²) in [6, 6.07) is 0. The number of ether oxygens (including phenoxy) is 1. The van der Waals surface area contributed by atoms with E-state index < -0.39 is 0 Å². The molecule has 1 fully saturated rings. The molecule has 1 atom stereocenters. The molecule has 0 radical (unpaired) electrons. The third-order valence-corrected chi connectivity index (χ3v) is 3.78. The zero-order chi connectivity index (χ0) is 10.5. The van der Waals surface area contributed by atoms with Crippen molar-refractivity contribution >= 4 is 11.3 Å². The summed E-state index contributed by atoms with van der Waals surface area (Å²) >= 11 is 1.82. The molecule has 2 rings (SSSR count). The molecule has 84 valence electrons. The van der Waals surface area contributed by atoms with Crippen LogP contribution in [0.1, 0.15) is 35.3 Å². The first-order chi connectivity index (χ1) is 7.40. The normalized spacial score (nSPS) is 21.0. The number of hydrogen-bond donors (Lipinski definition) is 1. The largest absolute Gasteiger partial charge is 0.371 e. The molecular formula is C11H18N2OS. The number of aryl methyl sites for hydroxylation is 1. The summed E-state index contributed by atoms with van der Waals surface area (Å²) in [7, 11) is 1.99. The summed E-state index contributed by atoms with van der Waals surface area (Å²) in [5.41, 5.74) is 0. The van der Waals surface area contributed by atoms with Crippen molar-refractivity contribution in [2.45, 2.75) is 31.8 Å². The molecule has 3 nitrogen and oxygen atoms in total. The van der Waals surface area contributed by atoms with Gasteiger partial charge in [-0.2, -0.15) is 0 Å². The summed E-state index contributed by atoms with van der Waals surface area (Å²) < 4.78 is 5.61. The topological polar surface area (TPSA) is 34.2 Å². The predicted octanol–water partition coefficient (Wildman–Crippen LogP) is 2.15. The van der Waals surface area contributed by atoms with E-state index in [4.69, 9.17) is 4.74 Å². The molecule has 0 amide bonds. The molecule has 15 heavy (non-hydrogen) atoms. The fraction of sp³-hybridized carbons (Fsp3) is 0.727. The van der Waals surface area contributed by atoms with Crippen molar-refractivity contribution in [3.05, 3.63) is 16.1 Å². The highest BCUT2D eigenvalue weighted by atomic mass is 32.1. The third kappa shape index (κ3) is 3.00. The first kappa shape index (κ1) is 11.0. The van der Waals surface area contributed by atoms with Crippen LogP contribution < -0.4 is 5.32 Å². The molecule has 0 bridgehead atoms. The Labute approximate surface area is 94.9 Å². The van der Waals surface area contributed by atoms with Gasteiger partial charge in [0.1, 0.15) is 11.1 Å². The summed E-state index contributed by atoms with van der Waals surface area (Å²) in [4.78, 5) is 5.83. The molecule has 1 aliphatic heterocycles. The van der Waals surface area contributed by atoms with Gasteiger partial charge < -0.3 is 10.1 Å². The minimum atomic E-state index is 0.285. The van der Waals surface area contributed by atoms with Gasteiger partial charge in [0.2, 0.25) is 0 Å². The molecule has 1 unspecified atom stereocenters. The van der Waals surface area contributed by atoms with Gasteiger partial charge in [-0.25, -0.2) is 4.98 Å². The van der Waals surface area contributed by atoms with E-state index in [1.54, 1.807) is 0 Å². The van der Waals surface area contributed by atoms with E-state index in [9.17, 15) is 0 Å². The number of hydrogen-bond acceptors (Lipinski definition) is 4. The van der Waals surface area contributed by atoms with Crippen LogP contribution >= 0.6 is 11.3 Å². The molecule has 0 saturated carbocycles. The van der Waals surface area contributed by atoms with Gasteiger partial charge in [0, 0.05) is 17.7 Å². The third-order valence-electron chi connectivity index (χ3n) is 2.63. The fourth-order valence-corrected chi connectivity index (χ4v) is 2.84. The van der Waals surface area contributed by atoms with Crippen molar-refractivity contribution in [1.82, 2.24) is 10.3 Å². The van der Waals surface area contributed by atoms with Crippen molar-refractivity contribution in [2.24, 2.45) is 0 Å². The van der Waals surface area contributed by atoms with Crippen molar-refractivity contribution in [1.29, 1.82) is 0 Å². The molecule has 1 saturated heterocycles. The lowest BCUT2D eigenvalue weighted by atomic mass is 10.2. The lowest BCUT2D eigenvalue weighted by Crippen LogP contribution is -2.07. The Kier molecular flexibility index (Phi) is 4.11. The number of nitrogens with zero attached hydrogens (tertiary/aromatic N) is 1. The van der Waals surface area contributed by atoms with Crippen LogP contribution in [0.15, 0.2) is 6.20 Å². The molecule has 1 aliphatic rings. The van der Waals surface area contributed by atoms with Gasteiger partial charge in [0.05, 0.1) is 0 Å². The van der Waals surface area contributed by atoms with Gasteiger partial charge in [0.25, 0.3) is 0 Å². The maximum atomic E-state index is 5.61. The predicted molar refractivity (Wildman–Crippen MR) is 62.3 cm³/mol. The van der Waals surface area contributed by atoms with Crippen LogP contribution in [-0.4, -0.2) is 25.2 Å². The summed E-state index contributed by atoms with van der Waals surface area (Å²) in [6.07, 6.45) is 6.93. The average molecular weight is 226 g/mol. The standard InChI is InChI=1S/C11H18N2OS/c1-12-6-2-4-9-8-13-11(15-9)10-5-3-7-14-10/h8,10,12H,2-7H2,1H3. The van der Waals surface area contributed by atoms with E-state index in [0.717, 1.165) is 26.0 Å². The van der Waals surface area contributed by atoms with Crippen LogP contribution in [0, 0.1) is 0 Å². The Bertz CT molecular complexity index is 295. The second kappa shape index (κ2) is 5.58. The Morgan fingerprint density at radius 2 is 2.60 bits per heavy atom. The van der Waals surface area contributed by atoms with Crippen molar-refractivity contribution in [3.63, 3.8) is 0 Å². The molecule has 0 spiro atoms. The lowest BCUT2D eigenvalue weighted by Gasteiger charge is -2.03. The smallest absolute Gasteiger partial charge is 0.122 e. The van der Waals surface area contributed by atoms with Crippen LogP contribution in [0.5, 0.6) is 0 Å². The van der Waals surface area contributed by atoms with Crippen LogP contribution in [0.2, 0.25) is 0 Å². The lowest BCUT2D eigenvalue weighted by molar-refractivity contribution is 0.111. The van der Waals surface area contributed by atoms with E-state index in [1.165, 1.54) is 22.7 Å². The molecular weight excluding hydrogens is 208 g/mol. The van der Waals surface area contributed by atoms with E-state index in [1.807, 2.05) is 24.6 Å². The van der Waals surface area contributed by atoms with E-state index in [0.29, 0.717) is 0 Å². The minimum absolute atomic E-state index is 0.285. The van der Waals surface area contributed by atoms with Gasteiger partial charge >= 0.3 is 0 Å². The molecule has 4 heteroatoms. The fourth-order valence-electron chi connectivity index (χ4n) is 1.80. The van der Waals surface area contributed by atoms with Gasteiger partial charge in [-0.15, -0.1) is 11.3 Å². The molecule has 1 aromatic heterocycles. The van der Waals surface area contributed by atoms with Crippen molar-refractivity contribution in [2.75, 3.05) is 20.2 Å². The molecule has 0 aliphatic carbocycles. The van der Waals surface area contributed by atoms with Crippen molar-refractivity contribution < 1.29 is 4.74 Å². The maximum absolute atomic E-state index is 5.61. The van der Waals surface area contributed by atoms with Gasteiger partial charge in [-0.3, -0.25) is 0 Å². The average Bonchev–Trinajstić information content (AvgIpc) is 2.87. The summed E-state index contributed by atoms with van der Waals surface area (Å²) in [6.45, 7) is 1.98.